The molecule has 0 spiro atoms. The Bertz CT molecular complexity index is 3930. The van der Waals surface area contributed by atoms with Gasteiger partial charge in [0.2, 0.25) is 0 Å². The average molecular weight is 965 g/mol. The standard InChI is InChI=1S/C70H64N2O2/c1-7-9-18-36-69(3,4)44-60(70(5,6)35-8-2)49-38-47(45-27-31-65-56(40-45)58-42-50(29-33-67(58)73-65)71-61-23-14-10-19-52(61)53-20-11-15-24-62(53)71)37-48(39-49)46-28-32-66-57(41-46)59-43-51(30-34-68(59)74-66)72-63-25-16-12-21-54(63)55-22-13-17-26-64(55)72/h10-17,19-34,37-43,60H,7-9,18,35-36,44H2,1-6H3. The molecule has 0 aliphatic carbocycles. The van der Waals surface area contributed by atoms with Gasteiger partial charge in [0.05, 0.1) is 22.1 Å². The number of furan rings is 2. The van der Waals surface area contributed by atoms with Crippen LogP contribution in [0.5, 0.6) is 0 Å². The second-order valence-corrected chi connectivity index (χ2v) is 22.7. The molecular formula is C70H64N2O2. The highest BCUT2D eigenvalue weighted by Crippen LogP contribution is 2.50. The zero-order valence-electron chi connectivity index (χ0n) is 43.6. The van der Waals surface area contributed by atoms with E-state index in [1.807, 2.05) is 0 Å². The van der Waals surface area contributed by atoms with E-state index in [-0.39, 0.29) is 10.8 Å². The SMILES string of the molecule is CCCCCC(C)(C)CC(c1cc(-c2ccc3oc4ccc(-n5c6ccccc6c6ccccc65)cc4c3c2)cc(-c2ccc3oc4ccc(-n5c6ccccc6c6ccccc65)cc4c3c2)c1)C(C)(C)CCC. The highest BCUT2D eigenvalue weighted by atomic mass is 16.3. The fraction of sp³-hybridized carbons (Fsp3) is 0.229. The van der Waals surface area contributed by atoms with Crippen LogP contribution in [0.3, 0.4) is 0 Å². The monoisotopic (exact) mass is 964 g/mol. The van der Waals surface area contributed by atoms with Gasteiger partial charge in [0.25, 0.3) is 0 Å². The van der Waals surface area contributed by atoms with Crippen molar-refractivity contribution < 1.29 is 8.83 Å². The maximum absolute atomic E-state index is 6.64. The van der Waals surface area contributed by atoms with Crippen LogP contribution in [0.2, 0.25) is 0 Å². The normalized spacial score (nSPS) is 13.1. The van der Waals surface area contributed by atoms with Crippen LogP contribution in [-0.2, 0) is 0 Å². The maximum atomic E-state index is 6.64. The van der Waals surface area contributed by atoms with Crippen molar-refractivity contribution in [1.29, 1.82) is 0 Å². The van der Waals surface area contributed by atoms with Crippen LogP contribution in [0.25, 0.3) is 121 Å². The van der Waals surface area contributed by atoms with E-state index in [1.54, 1.807) is 0 Å². The van der Waals surface area contributed by atoms with E-state index in [0.29, 0.717) is 5.92 Å². The third kappa shape index (κ3) is 7.80. The largest absolute Gasteiger partial charge is 0.456 e. The Balaban J connectivity index is 0.982. The van der Waals surface area contributed by atoms with E-state index in [4.69, 9.17) is 8.83 Å². The Labute approximate surface area is 433 Å². The molecule has 1 unspecified atom stereocenters. The third-order valence-corrected chi connectivity index (χ3v) is 16.7. The van der Waals surface area contributed by atoms with Crippen molar-refractivity contribution in [2.75, 3.05) is 0 Å². The summed E-state index contributed by atoms with van der Waals surface area (Å²) in [5, 5.41) is 9.51. The molecule has 0 aliphatic heterocycles. The highest BCUT2D eigenvalue weighted by molar-refractivity contribution is 6.13. The molecule has 0 N–H and O–H groups in total. The van der Waals surface area contributed by atoms with Crippen molar-refractivity contribution in [2.24, 2.45) is 10.8 Å². The Morgan fingerprint density at radius 3 is 1.20 bits per heavy atom. The fourth-order valence-electron chi connectivity index (χ4n) is 12.9. The van der Waals surface area contributed by atoms with Crippen molar-refractivity contribution in [3.8, 4) is 33.6 Å². The number of fused-ring (bicyclic) bond motifs is 12. The summed E-state index contributed by atoms with van der Waals surface area (Å²) in [7, 11) is 0. The molecule has 0 saturated carbocycles. The quantitative estimate of drug-likeness (QED) is 0.102. The van der Waals surface area contributed by atoms with E-state index in [0.717, 1.165) is 74.5 Å². The lowest BCUT2D eigenvalue weighted by Gasteiger charge is -2.40. The van der Waals surface area contributed by atoms with Crippen LogP contribution < -0.4 is 0 Å². The average Bonchev–Trinajstić information content (AvgIpc) is 4.17. The van der Waals surface area contributed by atoms with Crippen molar-refractivity contribution in [2.45, 2.75) is 92.4 Å². The number of benzene rings is 9. The summed E-state index contributed by atoms with van der Waals surface area (Å²) in [6, 6.07) is 69.5. The minimum Gasteiger partial charge on any atom is -0.456 e. The molecule has 9 aromatic carbocycles. The van der Waals surface area contributed by atoms with Crippen LogP contribution in [0.4, 0.5) is 0 Å². The van der Waals surface area contributed by atoms with Crippen LogP contribution in [0, 0.1) is 10.8 Å². The molecule has 13 aromatic rings. The predicted octanol–water partition coefficient (Wildman–Crippen LogP) is 20.9. The Morgan fingerprint density at radius 1 is 0.378 bits per heavy atom. The van der Waals surface area contributed by atoms with E-state index in [9.17, 15) is 0 Å². The zero-order valence-corrected chi connectivity index (χ0v) is 43.6. The first-order valence-electron chi connectivity index (χ1n) is 27.1. The molecule has 0 radical (unpaired) electrons. The van der Waals surface area contributed by atoms with Gasteiger partial charge >= 0.3 is 0 Å². The van der Waals surface area contributed by atoms with Gasteiger partial charge in [-0.15, -0.1) is 0 Å². The summed E-state index contributed by atoms with van der Waals surface area (Å²) in [6.45, 7) is 14.7. The van der Waals surface area contributed by atoms with Crippen LogP contribution in [0.1, 0.15) is 98.0 Å². The summed E-state index contributed by atoms with van der Waals surface area (Å²) in [4.78, 5) is 0. The molecule has 4 heteroatoms. The Morgan fingerprint density at radius 2 is 0.784 bits per heavy atom. The van der Waals surface area contributed by atoms with Gasteiger partial charge < -0.3 is 18.0 Å². The molecule has 74 heavy (non-hydrogen) atoms. The topological polar surface area (TPSA) is 36.1 Å². The van der Waals surface area contributed by atoms with Gasteiger partial charge in [-0.25, -0.2) is 0 Å². The highest BCUT2D eigenvalue weighted by Gasteiger charge is 2.35. The van der Waals surface area contributed by atoms with E-state index >= 15 is 0 Å². The van der Waals surface area contributed by atoms with Crippen molar-refractivity contribution in [1.82, 2.24) is 9.13 Å². The van der Waals surface area contributed by atoms with Gasteiger partial charge in [-0.05, 0) is 155 Å². The summed E-state index contributed by atoms with van der Waals surface area (Å²) in [6.07, 6.45) is 8.45. The van der Waals surface area contributed by atoms with E-state index in [1.165, 1.54) is 97.1 Å². The summed E-state index contributed by atoms with van der Waals surface area (Å²) in [5.74, 6) is 0.345. The molecule has 1 atom stereocenters. The maximum Gasteiger partial charge on any atom is 0.135 e. The van der Waals surface area contributed by atoms with E-state index in [2.05, 4.69) is 239 Å². The van der Waals surface area contributed by atoms with Gasteiger partial charge in [-0.2, -0.15) is 0 Å². The lowest BCUT2D eigenvalue weighted by atomic mass is 9.64. The predicted molar refractivity (Wildman–Crippen MR) is 315 cm³/mol. The molecule has 4 heterocycles. The van der Waals surface area contributed by atoms with Gasteiger partial charge in [0, 0.05) is 54.5 Å². The Kier molecular flexibility index (Phi) is 11.2. The van der Waals surface area contributed by atoms with Gasteiger partial charge in [0.15, 0.2) is 0 Å². The van der Waals surface area contributed by atoms with Crippen LogP contribution >= 0.6 is 0 Å². The zero-order chi connectivity index (χ0) is 50.3. The molecule has 0 aliphatic rings. The van der Waals surface area contributed by atoms with Crippen LogP contribution in [-0.4, -0.2) is 9.13 Å². The molecule has 4 nitrogen and oxygen atoms in total. The third-order valence-electron chi connectivity index (χ3n) is 16.7. The van der Waals surface area contributed by atoms with Crippen molar-refractivity contribution in [3.63, 3.8) is 0 Å². The van der Waals surface area contributed by atoms with Gasteiger partial charge in [-0.1, -0.05) is 164 Å². The molecule has 0 amide bonds. The first-order chi connectivity index (χ1) is 36.1. The Hall–Kier alpha value is -7.82. The van der Waals surface area contributed by atoms with Crippen molar-refractivity contribution in [3.05, 3.63) is 194 Å². The minimum absolute atomic E-state index is 0.0779. The van der Waals surface area contributed by atoms with E-state index < -0.39 is 0 Å². The number of hydrogen-bond acceptors (Lipinski definition) is 2. The first kappa shape index (κ1) is 46.0. The number of unbranched alkanes of at least 4 members (excludes halogenated alkanes) is 2. The molecule has 4 aromatic heterocycles. The number of rotatable bonds is 14. The van der Waals surface area contributed by atoms with Gasteiger partial charge in [-0.3, -0.25) is 0 Å². The lowest BCUT2D eigenvalue weighted by Crippen LogP contribution is -2.28. The van der Waals surface area contributed by atoms with Crippen LogP contribution in [0.15, 0.2) is 197 Å². The number of hydrogen-bond donors (Lipinski definition) is 0. The number of aromatic nitrogens is 2. The summed E-state index contributed by atoms with van der Waals surface area (Å²) in [5.41, 5.74) is 17.1. The molecule has 0 fully saturated rings. The number of nitrogens with zero attached hydrogens (tertiary/aromatic N) is 2. The second-order valence-electron chi connectivity index (χ2n) is 22.7. The van der Waals surface area contributed by atoms with Gasteiger partial charge in [0.1, 0.15) is 22.3 Å². The number of para-hydroxylation sites is 4. The molecule has 366 valence electrons. The summed E-state index contributed by atoms with van der Waals surface area (Å²) < 4.78 is 18.1. The minimum atomic E-state index is 0.0779. The smallest absolute Gasteiger partial charge is 0.135 e. The summed E-state index contributed by atoms with van der Waals surface area (Å²) >= 11 is 0. The fourth-order valence-corrected chi connectivity index (χ4v) is 12.9. The molecular weight excluding hydrogens is 901 g/mol. The first-order valence-corrected chi connectivity index (χ1v) is 27.1. The molecule has 13 rings (SSSR count). The second kappa shape index (κ2) is 18.0. The molecule has 0 bridgehead atoms. The lowest BCUT2D eigenvalue weighted by molar-refractivity contribution is 0.174. The molecule has 0 saturated heterocycles. The van der Waals surface area contributed by atoms with Crippen molar-refractivity contribution >= 4 is 87.5 Å².